The Morgan fingerprint density at radius 3 is 2.50 bits per heavy atom. The minimum Gasteiger partial charge on any atom is -0.475 e. The van der Waals surface area contributed by atoms with Crippen molar-refractivity contribution in [3.05, 3.63) is 77.9 Å². The summed E-state index contributed by atoms with van der Waals surface area (Å²) in [7, 11) is -3.90. The van der Waals surface area contributed by atoms with Crippen LogP contribution in [0, 0.1) is 0 Å². The Kier molecular flexibility index (Phi) is 8.11. The second-order valence-electron chi connectivity index (χ2n) is 8.80. The predicted molar refractivity (Wildman–Crippen MR) is 140 cm³/mol. The normalized spacial score (nSPS) is 16.0. The third kappa shape index (κ3) is 6.40. The third-order valence-corrected chi connectivity index (χ3v) is 7.51. The van der Waals surface area contributed by atoms with Crippen LogP contribution in [-0.2, 0) is 26.2 Å². The number of furan rings is 1. The fraction of sp³-hybridized carbons (Fsp3) is 0.192. The molecule has 1 amide bonds. The number of alkyl halides is 3. The van der Waals surface area contributed by atoms with E-state index in [0.717, 1.165) is 16.5 Å². The van der Waals surface area contributed by atoms with Crippen LogP contribution in [0.2, 0.25) is 0 Å². The maximum atomic E-state index is 13.1. The topological polar surface area (TPSA) is 155 Å². The first-order valence-corrected chi connectivity index (χ1v) is 13.2. The first-order chi connectivity index (χ1) is 18.9. The number of likely N-dealkylation sites (tertiary alicyclic amines) is 1. The van der Waals surface area contributed by atoms with E-state index in [2.05, 4.69) is 9.82 Å². The molecule has 1 fully saturated rings. The summed E-state index contributed by atoms with van der Waals surface area (Å²) in [6, 6.07) is 18.9. The van der Waals surface area contributed by atoms with Gasteiger partial charge in [-0.25, -0.2) is 13.2 Å². The van der Waals surface area contributed by atoms with E-state index in [0.29, 0.717) is 36.1 Å². The van der Waals surface area contributed by atoms with Crippen LogP contribution in [0.25, 0.3) is 21.9 Å². The van der Waals surface area contributed by atoms with Crippen LogP contribution < -0.4 is 10.6 Å². The lowest BCUT2D eigenvalue weighted by Gasteiger charge is -2.17. The quantitative estimate of drug-likeness (QED) is 0.180. The van der Waals surface area contributed by atoms with Gasteiger partial charge in [-0.15, -0.1) is 0 Å². The van der Waals surface area contributed by atoms with Crippen molar-refractivity contribution in [1.82, 2.24) is 9.62 Å². The molecular weight excluding hydrogens is 553 g/mol. The first-order valence-electron chi connectivity index (χ1n) is 11.7. The van der Waals surface area contributed by atoms with Gasteiger partial charge in [0.1, 0.15) is 17.2 Å². The highest BCUT2D eigenvalue weighted by Crippen LogP contribution is 2.30. The molecule has 1 aliphatic heterocycles. The summed E-state index contributed by atoms with van der Waals surface area (Å²) in [5.74, 6) is 2.21. The van der Waals surface area contributed by atoms with Crippen LogP contribution in [0.1, 0.15) is 17.5 Å². The Bertz CT molecular complexity index is 1700. The van der Waals surface area contributed by atoms with Crippen molar-refractivity contribution in [1.29, 1.82) is 0 Å². The maximum absolute atomic E-state index is 13.1. The predicted octanol–water partition coefficient (Wildman–Crippen LogP) is 3.59. The van der Waals surface area contributed by atoms with E-state index in [4.69, 9.17) is 20.2 Å². The number of hydrogen-bond donors (Lipinski definition) is 3. The molecule has 0 bridgehead atoms. The number of para-hydroxylation sites is 1. The van der Waals surface area contributed by atoms with Gasteiger partial charge >= 0.3 is 12.1 Å². The molecule has 210 valence electrons. The van der Waals surface area contributed by atoms with E-state index in [-0.39, 0.29) is 10.8 Å². The molecule has 0 saturated carbocycles. The number of carbonyl (C=O) groups excluding carboxylic acids is 1. The van der Waals surface area contributed by atoms with Gasteiger partial charge in [0.15, 0.2) is 0 Å². The van der Waals surface area contributed by atoms with E-state index >= 15 is 0 Å². The van der Waals surface area contributed by atoms with Crippen molar-refractivity contribution in [2.24, 2.45) is 10.9 Å². The molecular formula is C26H23F3N4O6S. The summed E-state index contributed by atoms with van der Waals surface area (Å²) in [4.78, 5) is 23.6. The molecule has 10 nitrogen and oxygen atoms in total. The highest BCUT2D eigenvalue weighted by molar-refractivity contribution is 7.89. The van der Waals surface area contributed by atoms with Crippen LogP contribution in [0.4, 0.5) is 13.2 Å². The summed E-state index contributed by atoms with van der Waals surface area (Å²) in [6.07, 6.45) is -3.15. The number of fused-ring (bicyclic) bond motifs is 3. The van der Waals surface area contributed by atoms with Crippen LogP contribution in [-0.4, -0.2) is 55.3 Å². The number of hydrazone groups is 1. The largest absolute Gasteiger partial charge is 0.490 e. The zero-order chi connectivity index (χ0) is 29.1. The van der Waals surface area contributed by atoms with Gasteiger partial charge < -0.3 is 20.3 Å². The number of sulfonamides is 1. The molecule has 40 heavy (non-hydrogen) atoms. The highest BCUT2D eigenvalue weighted by Gasteiger charge is 2.38. The fourth-order valence-electron chi connectivity index (χ4n) is 4.21. The van der Waals surface area contributed by atoms with Crippen LogP contribution in [0.3, 0.4) is 0 Å². The Morgan fingerprint density at radius 1 is 1.10 bits per heavy atom. The summed E-state index contributed by atoms with van der Waals surface area (Å²) in [5, 5.41) is 12.2. The molecule has 4 N–H and O–H groups in total. The van der Waals surface area contributed by atoms with Crippen molar-refractivity contribution >= 4 is 50.1 Å². The lowest BCUT2D eigenvalue weighted by Crippen LogP contribution is -2.41. The molecule has 0 unspecified atom stereocenters. The van der Waals surface area contributed by atoms with E-state index in [1.54, 1.807) is 17.0 Å². The summed E-state index contributed by atoms with van der Waals surface area (Å²) < 4.78 is 66.3. The number of nitrogens with one attached hydrogen (secondary N) is 1. The summed E-state index contributed by atoms with van der Waals surface area (Å²) >= 11 is 0. The molecule has 0 spiro atoms. The van der Waals surface area contributed by atoms with Crippen LogP contribution in [0.15, 0.2) is 81.1 Å². The Balaban J connectivity index is 0.000000470. The number of nitrogens with zero attached hydrogens (tertiary/aromatic N) is 2. The molecule has 5 rings (SSSR count). The summed E-state index contributed by atoms with van der Waals surface area (Å²) in [6.45, 7) is 0.850. The van der Waals surface area contributed by atoms with E-state index in [9.17, 15) is 26.4 Å². The fourth-order valence-corrected chi connectivity index (χ4v) is 5.46. The van der Waals surface area contributed by atoms with Gasteiger partial charge in [-0.05, 0) is 47.9 Å². The SMILES string of the molecule is NN=Cc1cccc(CN2CC[C@H](NS(=O)(=O)c3ccc4oc5ccccc5c4c3)C2=O)c1.O=C(O)C(F)(F)F. The van der Waals surface area contributed by atoms with Crippen molar-refractivity contribution in [3.8, 4) is 0 Å². The molecule has 0 radical (unpaired) electrons. The average Bonchev–Trinajstić information content (AvgIpc) is 3.44. The molecule has 1 atom stereocenters. The zero-order valence-electron chi connectivity index (χ0n) is 20.6. The molecule has 0 aliphatic carbocycles. The molecule has 3 aromatic carbocycles. The number of carboxylic acid groups (broad SMARTS) is 1. The van der Waals surface area contributed by atoms with Crippen LogP contribution >= 0.6 is 0 Å². The minimum absolute atomic E-state index is 0.0987. The Labute approximate surface area is 225 Å². The maximum Gasteiger partial charge on any atom is 0.490 e. The molecule has 2 heterocycles. The minimum atomic E-state index is -5.08. The van der Waals surface area contributed by atoms with Gasteiger partial charge in [-0.3, -0.25) is 4.79 Å². The van der Waals surface area contributed by atoms with E-state index in [1.165, 1.54) is 12.3 Å². The van der Waals surface area contributed by atoms with Gasteiger partial charge in [0, 0.05) is 23.9 Å². The molecule has 4 aromatic rings. The van der Waals surface area contributed by atoms with E-state index in [1.807, 2.05) is 48.5 Å². The number of rotatable bonds is 6. The van der Waals surface area contributed by atoms with Gasteiger partial charge in [0.05, 0.1) is 11.1 Å². The van der Waals surface area contributed by atoms with Gasteiger partial charge in [-0.1, -0.05) is 36.4 Å². The molecule has 1 aromatic heterocycles. The molecule has 1 aliphatic rings. The summed E-state index contributed by atoms with van der Waals surface area (Å²) in [5.41, 5.74) is 3.06. The van der Waals surface area contributed by atoms with Gasteiger partial charge in [0.2, 0.25) is 15.9 Å². The lowest BCUT2D eigenvalue weighted by molar-refractivity contribution is -0.192. The molecule has 1 saturated heterocycles. The number of halogens is 3. The number of carboxylic acids is 1. The number of hydrogen-bond acceptors (Lipinski definition) is 7. The molecule has 14 heteroatoms. The second kappa shape index (κ2) is 11.4. The average molecular weight is 577 g/mol. The number of nitrogens with two attached hydrogens (primary N) is 1. The monoisotopic (exact) mass is 576 g/mol. The van der Waals surface area contributed by atoms with Crippen molar-refractivity contribution in [2.45, 2.75) is 30.1 Å². The second-order valence-corrected chi connectivity index (χ2v) is 10.5. The van der Waals surface area contributed by atoms with Crippen molar-refractivity contribution in [3.63, 3.8) is 0 Å². The zero-order valence-corrected chi connectivity index (χ0v) is 21.4. The van der Waals surface area contributed by atoms with Crippen molar-refractivity contribution in [2.75, 3.05) is 6.54 Å². The first kappa shape index (κ1) is 28.6. The van der Waals surface area contributed by atoms with Crippen LogP contribution in [0.5, 0.6) is 0 Å². The van der Waals surface area contributed by atoms with E-state index < -0.39 is 28.2 Å². The Morgan fingerprint density at radius 2 is 1.80 bits per heavy atom. The van der Waals surface area contributed by atoms with Gasteiger partial charge in [-0.2, -0.15) is 23.0 Å². The van der Waals surface area contributed by atoms with Gasteiger partial charge in [0.25, 0.3) is 0 Å². The smallest absolute Gasteiger partial charge is 0.475 e. The third-order valence-electron chi connectivity index (χ3n) is 6.04. The Hall–Kier alpha value is -4.43. The number of carbonyl (C=O) groups is 2. The number of benzene rings is 3. The standard InChI is InChI=1S/C24H22N4O4S.C2HF3O2/c25-26-14-16-4-3-5-17(12-16)15-28-11-10-21(24(28)29)27-33(30,31)18-8-9-23-20(13-18)19-6-1-2-7-22(19)32-23;3-2(4,5)1(6)7/h1-9,12-14,21,27H,10-11,15,25H2;(H,6,7)/t21-;/m0./s1. The van der Waals surface area contributed by atoms with Crippen molar-refractivity contribution < 1.29 is 40.7 Å². The number of aliphatic carboxylic acids is 1. The number of amides is 1. The highest BCUT2D eigenvalue weighted by atomic mass is 32.2. The lowest BCUT2D eigenvalue weighted by atomic mass is 10.1.